The maximum atomic E-state index is 2.59. The molecule has 0 saturated carbocycles. The summed E-state index contributed by atoms with van der Waals surface area (Å²) < 4.78 is 0. The standard InChI is InChI=1S/C63H49N.2C7H8/c1-40-28-30-41(31-29-40)60-50-26-16-17-27-51(50)61(42-32-34-45(35-33-42)64(43-18-8-6-9-19-43)44-20-10-7-11-21-44)55-39-59-58(38-54(55)60)62(2,3)56-36-52-48-24-14-12-22-46(48)47-23-13-15-25-49(47)53(52)37-57(56)63(59,4)5;2*1-7-5-3-2-4-6-7/h6-39H,1-5H3;2*2-6H,1H3. The number of hydrogen-bond donors (Lipinski definition) is 0. The summed E-state index contributed by atoms with van der Waals surface area (Å²) >= 11 is 0. The summed E-state index contributed by atoms with van der Waals surface area (Å²) in [7, 11) is 0. The quantitative estimate of drug-likeness (QED) is 0.123. The van der Waals surface area contributed by atoms with E-state index in [0.29, 0.717) is 0 Å². The van der Waals surface area contributed by atoms with Gasteiger partial charge in [0.15, 0.2) is 0 Å². The lowest BCUT2D eigenvalue weighted by Crippen LogP contribution is -2.36. The minimum Gasteiger partial charge on any atom is -0.311 e. The molecular formula is C77H65N. The van der Waals surface area contributed by atoms with E-state index in [4.69, 9.17) is 0 Å². The Hall–Kier alpha value is -9.04. The number of aryl methyl sites for hydroxylation is 3. The van der Waals surface area contributed by atoms with Gasteiger partial charge in [-0.15, -0.1) is 0 Å². The zero-order valence-electron chi connectivity index (χ0n) is 45.9. The summed E-state index contributed by atoms with van der Waals surface area (Å²) in [6.07, 6.45) is 0. The molecule has 0 heterocycles. The summed E-state index contributed by atoms with van der Waals surface area (Å²) in [5, 5.41) is 13.0. The van der Waals surface area contributed by atoms with Crippen molar-refractivity contribution in [1.82, 2.24) is 0 Å². The molecule has 1 heteroatoms. The molecule has 0 bridgehead atoms. The van der Waals surface area contributed by atoms with Crippen molar-refractivity contribution in [2.75, 3.05) is 4.90 Å². The number of benzene rings is 13. The molecule has 1 nitrogen and oxygen atoms in total. The molecule has 0 fully saturated rings. The second-order valence-electron chi connectivity index (χ2n) is 22.3. The molecule has 14 rings (SSSR count). The van der Waals surface area contributed by atoms with Crippen LogP contribution in [-0.4, -0.2) is 0 Å². The Labute approximate surface area is 460 Å². The third-order valence-electron chi connectivity index (χ3n) is 16.4. The van der Waals surface area contributed by atoms with Crippen LogP contribution in [0, 0.1) is 20.8 Å². The van der Waals surface area contributed by atoms with Gasteiger partial charge >= 0.3 is 0 Å². The molecule has 0 aromatic heterocycles. The van der Waals surface area contributed by atoms with Crippen molar-refractivity contribution in [2.24, 2.45) is 0 Å². The van der Waals surface area contributed by atoms with Crippen LogP contribution in [0.25, 0.3) is 76.1 Å². The summed E-state index contributed by atoms with van der Waals surface area (Å²) in [5.41, 5.74) is 17.4. The van der Waals surface area contributed by atoms with E-state index in [9.17, 15) is 0 Å². The van der Waals surface area contributed by atoms with Crippen molar-refractivity contribution >= 4 is 70.9 Å². The Bertz CT molecular complexity index is 4210. The van der Waals surface area contributed by atoms with Crippen molar-refractivity contribution < 1.29 is 0 Å². The third-order valence-corrected chi connectivity index (χ3v) is 16.4. The van der Waals surface area contributed by atoms with E-state index in [1.54, 1.807) is 0 Å². The SMILES string of the molecule is Cc1ccc(-c2c3ccccc3c(-c3ccc(N(c4ccccc4)c4ccccc4)cc3)c3cc4c(cc23)C(C)(C)c2cc3c5ccccc5c5ccccc5c3cc2C4(C)C)cc1.Cc1ccccc1.Cc1ccccc1. The zero-order chi connectivity index (χ0) is 53.5. The van der Waals surface area contributed by atoms with Crippen LogP contribution in [0.3, 0.4) is 0 Å². The molecule has 0 saturated heterocycles. The van der Waals surface area contributed by atoms with Gasteiger partial charge in [0.25, 0.3) is 0 Å². The van der Waals surface area contributed by atoms with Gasteiger partial charge in [0.1, 0.15) is 0 Å². The van der Waals surface area contributed by atoms with E-state index >= 15 is 0 Å². The van der Waals surface area contributed by atoms with Crippen LogP contribution >= 0.6 is 0 Å². The highest BCUT2D eigenvalue weighted by Crippen LogP contribution is 2.55. The normalized spacial score (nSPS) is 13.0. The summed E-state index contributed by atoms with van der Waals surface area (Å²) in [5.74, 6) is 0. The Kier molecular flexibility index (Phi) is 13.1. The average molecular weight is 1000 g/mol. The summed E-state index contributed by atoms with van der Waals surface area (Å²) in [4.78, 5) is 2.34. The second-order valence-corrected chi connectivity index (χ2v) is 22.3. The van der Waals surface area contributed by atoms with Crippen LogP contribution in [0.15, 0.2) is 267 Å². The van der Waals surface area contributed by atoms with Crippen LogP contribution in [0.2, 0.25) is 0 Å². The van der Waals surface area contributed by atoms with E-state index in [1.807, 2.05) is 36.4 Å². The fourth-order valence-electron chi connectivity index (χ4n) is 12.3. The van der Waals surface area contributed by atoms with Gasteiger partial charge in [-0.25, -0.2) is 0 Å². The highest BCUT2D eigenvalue weighted by molar-refractivity contribution is 6.26. The van der Waals surface area contributed by atoms with Gasteiger partial charge in [-0.05, 0) is 180 Å². The monoisotopic (exact) mass is 1000 g/mol. The molecule has 378 valence electrons. The molecule has 0 aliphatic heterocycles. The highest BCUT2D eigenvalue weighted by Gasteiger charge is 2.43. The van der Waals surface area contributed by atoms with Gasteiger partial charge in [0.2, 0.25) is 0 Å². The number of para-hydroxylation sites is 2. The number of fused-ring (bicyclic) bond motifs is 10. The van der Waals surface area contributed by atoms with Crippen molar-refractivity contribution in [3.63, 3.8) is 0 Å². The molecule has 1 aliphatic carbocycles. The maximum Gasteiger partial charge on any atom is 0.0462 e. The van der Waals surface area contributed by atoms with Gasteiger partial charge in [0.05, 0.1) is 0 Å². The van der Waals surface area contributed by atoms with Crippen molar-refractivity contribution in [2.45, 2.75) is 59.3 Å². The lowest BCUT2D eigenvalue weighted by atomic mass is 9.59. The minimum absolute atomic E-state index is 0.272. The van der Waals surface area contributed by atoms with Crippen molar-refractivity contribution in [3.8, 4) is 22.3 Å². The van der Waals surface area contributed by atoms with E-state index in [0.717, 1.165) is 17.1 Å². The van der Waals surface area contributed by atoms with Crippen LogP contribution in [0.5, 0.6) is 0 Å². The molecule has 1 aliphatic rings. The topological polar surface area (TPSA) is 3.24 Å². The number of anilines is 3. The van der Waals surface area contributed by atoms with E-state index < -0.39 is 0 Å². The number of hydrogen-bond acceptors (Lipinski definition) is 1. The first-order chi connectivity index (χ1) is 38.0. The van der Waals surface area contributed by atoms with Gasteiger partial charge in [-0.2, -0.15) is 0 Å². The molecule has 0 spiro atoms. The predicted octanol–water partition coefficient (Wildman–Crippen LogP) is 21.5. The lowest BCUT2D eigenvalue weighted by molar-refractivity contribution is 0.523. The molecule has 0 radical (unpaired) electrons. The Balaban J connectivity index is 0.000000380. The summed E-state index contributed by atoms with van der Waals surface area (Å²) in [6.45, 7) is 16.2. The van der Waals surface area contributed by atoms with Gasteiger partial charge in [-0.1, -0.05) is 251 Å². The maximum absolute atomic E-state index is 2.59. The smallest absolute Gasteiger partial charge is 0.0462 e. The van der Waals surface area contributed by atoms with Gasteiger partial charge < -0.3 is 4.90 Å². The molecule has 0 unspecified atom stereocenters. The second kappa shape index (κ2) is 20.5. The van der Waals surface area contributed by atoms with E-state index in [1.165, 1.54) is 115 Å². The number of rotatable bonds is 5. The fraction of sp³-hybridized carbons (Fsp3) is 0.117. The average Bonchev–Trinajstić information content (AvgIpc) is 3.66. The van der Waals surface area contributed by atoms with Gasteiger partial charge in [0, 0.05) is 27.9 Å². The Morgan fingerprint density at radius 2 is 0.487 bits per heavy atom. The third kappa shape index (κ3) is 9.00. The minimum atomic E-state index is -0.280. The Morgan fingerprint density at radius 1 is 0.231 bits per heavy atom. The van der Waals surface area contributed by atoms with Crippen molar-refractivity contribution in [1.29, 1.82) is 0 Å². The van der Waals surface area contributed by atoms with Crippen LogP contribution in [0.4, 0.5) is 17.1 Å². The van der Waals surface area contributed by atoms with E-state index in [2.05, 4.69) is 284 Å². The molecule has 13 aromatic carbocycles. The molecular weight excluding hydrogens is 939 g/mol. The van der Waals surface area contributed by atoms with Crippen LogP contribution < -0.4 is 4.90 Å². The highest BCUT2D eigenvalue weighted by atomic mass is 15.1. The molecule has 78 heavy (non-hydrogen) atoms. The first kappa shape index (κ1) is 49.8. The largest absolute Gasteiger partial charge is 0.311 e. The van der Waals surface area contributed by atoms with E-state index in [-0.39, 0.29) is 10.8 Å². The van der Waals surface area contributed by atoms with Crippen LogP contribution in [0.1, 0.15) is 66.6 Å². The first-order valence-corrected chi connectivity index (χ1v) is 27.5. The summed E-state index contributed by atoms with van der Waals surface area (Å²) in [6, 6.07) is 97.6. The molecule has 0 N–H and O–H groups in total. The molecule has 0 atom stereocenters. The lowest BCUT2D eigenvalue weighted by Gasteiger charge is -2.44. The van der Waals surface area contributed by atoms with Gasteiger partial charge in [-0.3, -0.25) is 0 Å². The van der Waals surface area contributed by atoms with Crippen molar-refractivity contribution in [3.05, 3.63) is 306 Å². The zero-order valence-corrected chi connectivity index (χ0v) is 45.9. The predicted molar refractivity (Wildman–Crippen MR) is 337 cm³/mol. The first-order valence-electron chi connectivity index (χ1n) is 27.5. The fourth-order valence-corrected chi connectivity index (χ4v) is 12.3. The molecule has 13 aromatic rings. The Morgan fingerprint density at radius 3 is 0.821 bits per heavy atom. The molecule has 0 amide bonds. The number of nitrogens with zero attached hydrogens (tertiary/aromatic N) is 1. The van der Waals surface area contributed by atoms with Crippen LogP contribution in [-0.2, 0) is 10.8 Å².